The van der Waals surface area contributed by atoms with Crippen molar-refractivity contribution in [2.75, 3.05) is 36.0 Å². The van der Waals surface area contributed by atoms with Crippen LogP contribution in [0.25, 0.3) is 22.9 Å². The summed E-state index contributed by atoms with van der Waals surface area (Å²) in [5.41, 5.74) is 4.28. The highest BCUT2D eigenvalue weighted by Crippen LogP contribution is 2.27. The topological polar surface area (TPSA) is 84.3 Å². The molecule has 0 atom stereocenters. The lowest BCUT2D eigenvalue weighted by Crippen LogP contribution is -2.21. The van der Waals surface area contributed by atoms with Gasteiger partial charge in [0.1, 0.15) is 6.26 Å². The van der Waals surface area contributed by atoms with Crippen LogP contribution in [0.3, 0.4) is 0 Å². The van der Waals surface area contributed by atoms with Crippen LogP contribution in [0.5, 0.6) is 0 Å². The Morgan fingerprint density at radius 1 is 0.656 bits per heavy atom. The van der Waals surface area contributed by atoms with Gasteiger partial charge in [0.15, 0.2) is 0 Å². The summed E-state index contributed by atoms with van der Waals surface area (Å²) in [4.78, 5) is 4.61. The van der Waals surface area contributed by atoms with E-state index in [0.29, 0.717) is 11.8 Å². The largest absolute Gasteiger partial charge is 0.416 e. The molecule has 0 aliphatic rings. The Hall–Kier alpha value is -3.68. The molecule has 0 unspecified atom stereocenters. The molecule has 0 amide bonds. The van der Waals surface area contributed by atoms with Crippen molar-refractivity contribution in [3.63, 3.8) is 0 Å². The summed E-state index contributed by atoms with van der Waals surface area (Å²) >= 11 is 0. The first-order valence-electron chi connectivity index (χ1n) is 10.9. The van der Waals surface area contributed by atoms with Gasteiger partial charge in [-0.15, -0.1) is 15.3 Å². The van der Waals surface area contributed by atoms with Crippen LogP contribution in [-0.4, -0.2) is 46.7 Å². The quantitative estimate of drug-likeness (QED) is 0.376. The van der Waals surface area contributed by atoms with E-state index < -0.39 is 0 Å². The summed E-state index contributed by atoms with van der Waals surface area (Å²) in [6.07, 6.45) is 2.88. The summed E-state index contributed by atoms with van der Waals surface area (Å²) < 4.78 is 10.1. The molecule has 0 spiro atoms. The van der Waals surface area contributed by atoms with Gasteiger partial charge in [-0.1, -0.05) is 0 Å². The maximum absolute atomic E-state index is 5.91. The van der Waals surface area contributed by atoms with E-state index in [4.69, 9.17) is 4.42 Å². The standard InChI is InChI=1S/C22H28N4O.C2H2N2O/c1-5-25(6-2)19-13-9-17(10-14-19)21-23-24-22(27-21)18-11-15-20(16-12-18)26(7-3)8-4;1-2-5-4-3-1/h9-16H,5-8H2,1-4H3;1-2H. The van der Waals surface area contributed by atoms with Crippen molar-refractivity contribution in [1.82, 2.24) is 20.6 Å². The van der Waals surface area contributed by atoms with E-state index in [2.05, 4.69) is 86.9 Å². The normalized spacial score (nSPS) is 10.4. The number of anilines is 2. The highest BCUT2D eigenvalue weighted by atomic mass is 16.5. The zero-order chi connectivity index (χ0) is 22.8. The van der Waals surface area contributed by atoms with Gasteiger partial charge in [0.05, 0.1) is 6.20 Å². The molecule has 0 saturated carbocycles. The van der Waals surface area contributed by atoms with Gasteiger partial charge in [-0.2, -0.15) is 0 Å². The molecule has 0 bridgehead atoms. The van der Waals surface area contributed by atoms with Gasteiger partial charge in [-0.25, -0.2) is 0 Å². The van der Waals surface area contributed by atoms with Gasteiger partial charge >= 0.3 is 0 Å². The van der Waals surface area contributed by atoms with E-state index >= 15 is 0 Å². The Kier molecular flexibility index (Phi) is 8.36. The third-order valence-electron chi connectivity index (χ3n) is 5.19. The van der Waals surface area contributed by atoms with E-state index in [1.807, 2.05) is 24.3 Å². The van der Waals surface area contributed by atoms with E-state index in [1.165, 1.54) is 23.8 Å². The molecule has 8 nitrogen and oxygen atoms in total. The lowest BCUT2D eigenvalue weighted by Gasteiger charge is -2.20. The van der Waals surface area contributed by atoms with Crippen LogP contribution in [0.2, 0.25) is 0 Å². The minimum Gasteiger partial charge on any atom is -0.416 e. The molecule has 0 radical (unpaired) electrons. The first-order chi connectivity index (χ1) is 15.7. The van der Waals surface area contributed by atoms with E-state index in [-0.39, 0.29) is 0 Å². The molecule has 4 rings (SSSR count). The summed E-state index contributed by atoms with van der Waals surface area (Å²) in [7, 11) is 0. The number of aromatic nitrogens is 4. The molecule has 0 saturated heterocycles. The molecule has 4 aromatic rings. The summed E-state index contributed by atoms with van der Waals surface area (Å²) in [6, 6.07) is 16.6. The molecule has 0 aliphatic carbocycles. The third-order valence-corrected chi connectivity index (χ3v) is 5.19. The fourth-order valence-corrected chi connectivity index (χ4v) is 3.40. The second-order valence-electron chi connectivity index (χ2n) is 6.94. The van der Waals surface area contributed by atoms with Crippen molar-refractivity contribution < 1.29 is 8.94 Å². The number of benzene rings is 2. The van der Waals surface area contributed by atoms with Crippen LogP contribution in [-0.2, 0) is 0 Å². The summed E-state index contributed by atoms with van der Waals surface area (Å²) in [6.45, 7) is 12.6. The van der Waals surface area contributed by atoms with Crippen LogP contribution < -0.4 is 9.80 Å². The van der Waals surface area contributed by atoms with Crippen LogP contribution in [0.1, 0.15) is 27.7 Å². The van der Waals surface area contributed by atoms with Crippen molar-refractivity contribution in [1.29, 1.82) is 0 Å². The fraction of sp³-hybridized carbons (Fsp3) is 0.333. The second kappa shape index (κ2) is 11.6. The molecular weight excluding hydrogens is 404 g/mol. The highest BCUT2D eigenvalue weighted by molar-refractivity contribution is 5.63. The minimum atomic E-state index is 0.545. The molecule has 2 aromatic carbocycles. The lowest BCUT2D eigenvalue weighted by molar-refractivity contribution is 0.393. The Balaban J connectivity index is 0.000000509. The molecule has 8 heteroatoms. The Bertz CT molecular complexity index is 934. The zero-order valence-electron chi connectivity index (χ0n) is 19.1. The van der Waals surface area contributed by atoms with Gasteiger partial charge in [0.25, 0.3) is 0 Å². The number of hydrogen-bond acceptors (Lipinski definition) is 8. The predicted octanol–water partition coefficient (Wildman–Crippen LogP) is 5.17. The van der Waals surface area contributed by atoms with Crippen molar-refractivity contribution in [2.45, 2.75) is 27.7 Å². The molecule has 0 aliphatic heterocycles. The fourth-order valence-electron chi connectivity index (χ4n) is 3.40. The number of hydrogen-bond donors (Lipinski definition) is 0. The molecule has 32 heavy (non-hydrogen) atoms. The van der Waals surface area contributed by atoms with E-state index in [9.17, 15) is 0 Å². The monoisotopic (exact) mass is 434 g/mol. The van der Waals surface area contributed by atoms with Gasteiger partial charge in [-0.3, -0.25) is 0 Å². The van der Waals surface area contributed by atoms with Crippen LogP contribution >= 0.6 is 0 Å². The van der Waals surface area contributed by atoms with Crippen molar-refractivity contribution in [2.24, 2.45) is 0 Å². The maximum Gasteiger partial charge on any atom is 0.248 e. The molecule has 168 valence electrons. The molecule has 2 aromatic heterocycles. The maximum atomic E-state index is 5.91. The average Bonchev–Trinajstić information content (AvgIpc) is 3.57. The van der Waals surface area contributed by atoms with Gasteiger partial charge in [-0.05, 0) is 76.2 Å². The molecule has 2 heterocycles. The zero-order valence-corrected chi connectivity index (χ0v) is 19.1. The van der Waals surface area contributed by atoms with Gasteiger partial charge < -0.3 is 18.7 Å². The van der Waals surface area contributed by atoms with Crippen molar-refractivity contribution in [3.8, 4) is 22.9 Å². The SMILES string of the molecule is CCN(CC)c1ccc(-c2nnc(-c3ccc(N(CC)CC)cc3)o2)cc1.c1conn1. The third kappa shape index (κ3) is 5.72. The van der Waals surface area contributed by atoms with Crippen LogP contribution in [0.15, 0.2) is 69.9 Å². The Morgan fingerprint density at radius 2 is 1.09 bits per heavy atom. The number of nitrogens with zero attached hydrogens (tertiary/aromatic N) is 6. The van der Waals surface area contributed by atoms with Crippen molar-refractivity contribution in [3.05, 3.63) is 61.0 Å². The van der Waals surface area contributed by atoms with Gasteiger partial charge in [0.2, 0.25) is 11.8 Å². The molecule has 0 fully saturated rings. The van der Waals surface area contributed by atoms with Crippen LogP contribution in [0, 0.1) is 0 Å². The first-order valence-corrected chi connectivity index (χ1v) is 10.9. The van der Waals surface area contributed by atoms with E-state index in [0.717, 1.165) is 37.3 Å². The van der Waals surface area contributed by atoms with Crippen molar-refractivity contribution >= 4 is 11.4 Å². The van der Waals surface area contributed by atoms with Gasteiger partial charge in [0, 0.05) is 54.0 Å². The minimum absolute atomic E-state index is 0.545. The first kappa shape index (κ1) is 23.0. The smallest absolute Gasteiger partial charge is 0.248 e. The Labute approximate surface area is 188 Å². The average molecular weight is 435 g/mol. The predicted molar refractivity (Wildman–Crippen MR) is 127 cm³/mol. The lowest BCUT2D eigenvalue weighted by atomic mass is 10.2. The second-order valence-corrected chi connectivity index (χ2v) is 6.94. The molecular formula is C24H30N6O2. The summed E-state index contributed by atoms with van der Waals surface area (Å²) in [5.74, 6) is 1.09. The Morgan fingerprint density at radius 3 is 1.38 bits per heavy atom. The molecule has 0 N–H and O–H groups in total. The van der Waals surface area contributed by atoms with E-state index in [1.54, 1.807) is 0 Å². The number of rotatable bonds is 8. The van der Waals surface area contributed by atoms with Crippen LogP contribution in [0.4, 0.5) is 11.4 Å². The summed E-state index contributed by atoms with van der Waals surface area (Å²) in [5, 5.41) is 14.9. The highest BCUT2D eigenvalue weighted by Gasteiger charge is 2.12.